The first kappa shape index (κ1) is 18.2. The molecule has 3 aromatic rings. The van der Waals surface area contributed by atoms with E-state index in [1.165, 1.54) is 5.56 Å². The summed E-state index contributed by atoms with van der Waals surface area (Å²) in [5.41, 5.74) is 2.40. The van der Waals surface area contributed by atoms with Crippen LogP contribution in [0.4, 0.5) is 0 Å². The largest absolute Gasteiger partial charge is 0.346 e. The number of rotatable bonds is 4. The van der Waals surface area contributed by atoms with Crippen LogP contribution in [0.15, 0.2) is 41.6 Å². The number of para-hydroxylation sites is 1. The zero-order valence-corrected chi connectivity index (χ0v) is 16.8. The lowest BCUT2D eigenvalue weighted by Crippen LogP contribution is -2.45. The minimum atomic E-state index is -0.125. The van der Waals surface area contributed by atoms with Crippen LogP contribution in [-0.2, 0) is 19.5 Å². The fraction of sp³-hybridized carbons (Fsp3) is 0.435. The van der Waals surface area contributed by atoms with E-state index < -0.39 is 0 Å². The number of nitrogens with zero attached hydrogens (tertiary/aromatic N) is 4. The molecule has 2 aliphatic heterocycles. The van der Waals surface area contributed by atoms with E-state index >= 15 is 0 Å². The normalized spacial score (nSPS) is 18.5. The minimum Gasteiger partial charge on any atom is -0.346 e. The lowest BCUT2D eigenvalue weighted by Gasteiger charge is -2.36. The molecule has 0 spiro atoms. The quantitative estimate of drug-likeness (QED) is 0.688. The van der Waals surface area contributed by atoms with Gasteiger partial charge in [-0.1, -0.05) is 12.1 Å². The van der Waals surface area contributed by atoms with E-state index in [1.54, 1.807) is 6.20 Å². The van der Waals surface area contributed by atoms with Gasteiger partial charge in [0.2, 0.25) is 5.43 Å². The number of hydrogen-bond acceptors (Lipinski definition) is 3. The smallest absolute Gasteiger partial charge is 0.259 e. The molecule has 0 bridgehead atoms. The predicted molar refractivity (Wildman–Crippen MR) is 112 cm³/mol. The molecule has 150 valence electrons. The topological polar surface area (TPSA) is 60.1 Å². The van der Waals surface area contributed by atoms with E-state index in [0.29, 0.717) is 10.9 Å². The van der Waals surface area contributed by atoms with Gasteiger partial charge >= 0.3 is 0 Å². The summed E-state index contributed by atoms with van der Waals surface area (Å²) in [5.74, 6) is 0.885. The van der Waals surface area contributed by atoms with Crippen molar-refractivity contribution in [2.75, 3.05) is 6.54 Å². The van der Waals surface area contributed by atoms with Crippen molar-refractivity contribution in [3.05, 3.63) is 64.0 Å². The van der Waals surface area contributed by atoms with Gasteiger partial charge in [-0.3, -0.25) is 9.59 Å². The molecule has 29 heavy (non-hydrogen) atoms. The summed E-state index contributed by atoms with van der Waals surface area (Å²) < 4.78 is 4.22. The Balaban J connectivity index is 1.45. The molecule has 0 saturated carbocycles. The first-order chi connectivity index (χ1) is 14.1. The predicted octanol–water partition coefficient (Wildman–Crippen LogP) is 3.15. The molecule has 0 aliphatic carbocycles. The van der Waals surface area contributed by atoms with Gasteiger partial charge < -0.3 is 14.0 Å². The average Bonchev–Trinajstić information content (AvgIpc) is 3.35. The van der Waals surface area contributed by atoms with Gasteiger partial charge in [-0.15, -0.1) is 0 Å². The van der Waals surface area contributed by atoms with Gasteiger partial charge in [0.05, 0.1) is 5.52 Å². The van der Waals surface area contributed by atoms with Crippen LogP contribution in [0, 0.1) is 6.92 Å². The highest BCUT2D eigenvalue weighted by Gasteiger charge is 2.30. The van der Waals surface area contributed by atoms with E-state index in [0.717, 1.165) is 63.1 Å². The summed E-state index contributed by atoms with van der Waals surface area (Å²) >= 11 is 0. The highest BCUT2D eigenvalue weighted by molar-refractivity contribution is 5.98. The van der Waals surface area contributed by atoms with E-state index in [1.807, 2.05) is 36.4 Å². The number of imidazole rings is 1. The van der Waals surface area contributed by atoms with Crippen molar-refractivity contribution in [3.8, 4) is 0 Å². The number of pyridine rings is 1. The van der Waals surface area contributed by atoms with Crippen LogP contribution in [0.1, 0.15) is 47.4 Å². The van der Waals surface area contributed by atoms with Crippen molar-refractivity contribution < 1.29 is 4.79 Å². The van der Waals surface area contributed by atoms with E-state index in [4.69, 9.17) is 0 Å². The van der Waals surface area contributed by atoms with E-state index in [9.17, 15) is 9.59 Å². The second kappa shape index (κ2) is 7.17. The SMILES string of the molecule is Cc1nccn1CC[C@H]1CCCCN1C(=O)c1cn2c3c(cccc3c1=O)CC2. The molecule has 5 rings (SSSR count). The van der Waals surface area contributed by atoms with Crippen molar-refractivity contribution in [3.63, 3.8) is 0 Å². The molecule has 0 radical (unpaired) electrons. The molecule has 2 aromatic heterocycles. The molecule has 1 aromatic carbocycles. The number of aryl methyl sites for hydroxylation is 4. The lowest BCUT2D eigenvalue weighted by molar-refractivity contribution is 0.0593. The molecule has 1 saturated heterocycles. The van der Waals surface area contributed by atoms with Crippen LogP contribution >= 0.6 is 0 Å². The summed E-state index contributed by atoms with van der Waals surface area (Å²) in [6, 6.07) is 6.03. The first-order valence-electron chi connectivity index (χ1n) is 10.6. The molecule has 0 unspecified atom stereocenters. The van der Waals surface area contributed by atoms with Gasteiger partial charge in [-0.05, 0) is 50.7 Å². The summed E-state index contributed by atoms with van der Waals surface area (Å²) in [4.78, 5) is 32.9. The molecule has 0 N–H and O–H groups in total. The van der Waals surface area contributed by atoms with Crippen LogP contribution < -0.4 is 5.43 Å². The van der Waals surface area contributed by atoms with Crippen molar-refractivity contribution >= 4 is 16.8 Å². The van der Waals surface area contributed by atoms with Gasteiger partial charge in [-0.2, -0.15) is 0 Å². The summed E-state index contributed by atoms with van der Waals surface area (Å²) in [5, 5.41) is 0.674. The molecule has 6 nitrogen and oxygen atoms in total. The third kappa shape index (κ3) is 3.07. The number of amides is 1. The highest BCUT2D eigenvalue weighted by Crippen LogP contribution is 2.26. The number of hydrogen-bond donors (Lipinski definition) is 0. The monoisotopic (exact) mass is 390 g/mol. The van der Waals surface area contributed by atoms with Crippen molar-refractivity contribution in [2.24, 2.45) is 0 Å². The van der Waals surface area contributed by atoms with Crippen LogP contribution in [0.3, 0.4) is 0 Å². The van der Waals surface area contributed by atoms with Crippen LogP contribution in [0.5, 0.6) is 0 Å². The zero-order chi connectivity index (χ0) is 20.0. The maximum atomic E-state index is 13.5. The Bertz CT molecular complexity index is 1140. The number of aromatic nitrogens is 3. The van der Waals surface area contributed by atoms with Crippen LogP contribution in [0.25, 0.3) is 10.9 Å². The molecule has 1 fully saturated rings. The molecule has 1 atom stereocenters. The molecular formula is C23H26N4O2. The summed E-state index contributed by atoms with van der Waals surface area (Å²) in [6.07, 6.45) is 10.5. The summed E-state index contributed by atoms with van der Waals surface area (Å²) in [6.45, 7) is 4.40. The zero-order valence-electron chi connectivity index (χ0n) is 16.8. The fourth-order valence-electron chi connectivity index (χ4n) is 4.96. The van der Waals surface area contributed by atoms with E-state index in [2.05, 4.69) is 20.2 Å². The Labute approximate surface area is 169 Å². The van der Waals surface area contributed by atoms with Crippen LogP contribution in [-0.4, -0.2) is 37.5 Å². The Morgan fingerprint density at radius 2 is 2.14 bits per heavy atom. The van der Waals surface area contributed by atoms with Gasteiger partial charge in [0.1, 0.15) is 11.4 Å². The molecule has 6 heteroatoms. The van der Waals surface area contributed by atoms with E-state index in [-0.39, 0.29) is 17.4 Å². The first-order valence-corrected chi connectivity index (χ1v) is 10.6. The fourth-order valence-corrected chi connectivity index (χ4v) is 4.96. The molecule has 4 heterocycles. The van der Waals surface area contributed by atoms with Gasteiger partial charge in [0.15, 0.2) is 0 Å². The highest BCUT2D eigenvalue weighted by atomic mass is 16.2. The average molecular weight is 390 g/mol. The van der Waals surface area contributed by atoms with Crippen LogP contribution in [0.2, 0.25) is 0 Å². The number of piperidine rings is 1. The number of carbonyl (C=O) groups excluding carboxylic acids is 1. The van der Waals surface area contributed by atoms with Gasteiger partial charge in [0.25, 0.3) is 5.91 Å². The third-order valence-corrected chi connectivity index (χ3v) is 6.55. The Kier molecular flexibility index (Phi) is 4.49. The third-order valence-electron chi connectivity index (χ3n) is 6.55. The standard InChI is InChI=1S/C23H26N4O2/c1-16-24-10-14-25(16)13-9-18-6-2-3-11-27(18)23(29)20-15-26-12-8-17-5-4-7-19(21(17)26)22(20)28/h4-5,7,10,14-15,18H,2-3,6,8-9,11-13H2,1H3/t18-/m1/s1. The molecular weight excluding hydrogens is 364 g/mol. The minimum absolute atomic E-state index is 0.106. The van der Waals surface area contributed by atoms with Crippen molar-refractivity contribution in [1.82, 2.24) is 19.0 Å². The lowest BCUT2D eigenvalue weighted by atomic mass is 9.98. The van der Waals surface area contributed by atoms with Crippen molar-refractivity contribution in [2.45, 2.75) is 58.2 Å². The Morgan fingerprint density at radius 1 is 1.24 bits per heavy atom. The van der Waals surface area contributed by atoms with Gasteiger partial charge in [-0.25, -0.2) is 4.98 Å². The summed E-state index contributed by atoms with van der Waals surface area (Å²) in [7, 11) is 0. The Hall–Kier alpha value is -2.89. The number of benzene rings is 1. The maximum Gasteiger partial charge on any atom is 0.259 e. The Morgan fingerprint density at radius 3 is 2.97 bits per heavy atom. The second-order valence-corrected chi connectivity index (χ2v) is 8.23. The number of likely N-dealkylation sites (tertiary alicyclic amines) is 1. The molecule has 2 aliphatic rings. The maximum absolute atomic E-state index is 13.5. The second-order valence-electron chi connectivity index (χ2n) is 8.23. The molecule has 1 amide bonds. The van der Waals surface area contributed by atoms with Gasteiger partial charge in [0, 0.05) is 49.7 Å². The number of carbonyl (C=O) groups is 1. The van der Waals surface area contributed by atoms with Crippen molar-refractivity contribution in [1.29, 1.82) is 0 Å².